The summed E-state index contributed by atoms with van der Waals surface area (Å²) in [6, 6.07) is 13.4. The van der Waals surface area contributed by atoms with Crippen LogP contribution < -0.4 is 9.64 Å². The lowest BCUT2D eigenvalue weighted by Crippen LogP contribution is -2.53. The van der Waals surface area contributed by atoms with E-state index in [2.05, 4.69) is 0 Å². The Kier molecular flexibility index (Phi) is 6.04. The van der Waals surface area contributed by atoms with Crippen molar-refractivity contribution in [1.82, 2.24) is 4.90 Å². The molecule has 0 unspecified atom stereocenters. The second kappa shape index (κ2) is 8.86. The number of hydrogen-bond acceptors (Lipinski definition) is 4. The number of para-hydroxylation sites is 2. The summed E-state index contributed by atoms with van der Waals surface area (Å²) in [5.41, 5.74) is 0.680. The van der Waals surface area contributed by atoms with Gasteiger partial charge in [-0.15, -0.1) is 11.8 Å². The number of carbonyl (C=O) groups is 2. The number of fused-ring (bicyclic) bond motifs is 1. The van der Waals surface area contributed by atoms with Crippen molar-refractivity contribution in [2.75, 3.05) is 30.3 Å². The van der Waals surface area contributed by atoms with Crippen LogP contribution in [0.15, 0.2) is 53.4 Å². The van der Waals surface area contributed by atoms with Crippen LogP contribution in [0.3, 0.4) is 0 Å². The van der Waals surface area contributed by atoms with E-state index in [-0.39, 0.29) is 29.9 Å². The smallest absolute Gasteiger partial charge is 0.265 e. The summed E-state index contributed by atoms with van der Waals surface area (Å²) in [7, 11) is 0. The molecule has 152 valence electrons. The predicted molar refractivity (Wildman–Crippen MR) is 111 cm³/mol. The number of carbonyl (C=O) groups excluding carboxylic acids is 2. The Morgan fingerprint density at radius 2 is 1.76 bits per heavy atom. The Balaban J connectivity index is 1.49. The van der Waals surface area contributed by atoms with E-state index in [1.165, 1.54) is 23.9 Å². The number of anilines is 1. The minimum atomic E-state index is -0.692. The zero-order valence-electron chi connectivity index (χ0n) is 16.1. The SMILES string of the molecule is O=C([C@@H]1CN(C(=O)CSc2ccc(F)cc2)c2ccccc2O1)N1CCCCC1. The standard InChI is InChI=1S/C22H23FN2O3S/c23-16-8-10-17(11-9-16)29-15-21(26)25-14-20(22(27)24-12-4-1-5-13-24)28-19-7-3-2-6-18(19)25/h2-3,6-11,20H,1,4-5,12-15H2/t20-/m0/s1. The van der Waals surface area contributed by atoms with Gasteiger partial charge in [0.1, 0.15) is 11.6 Å². The topological polar surface area (TPSA) is 49.9 Å². The Bertz CT molecular complexity index is 884. The summed E-state index contributed by atoms with van der Waals surface area (Å²) in [5.74, 6) is 0.288. The van der Waals surface area contributed by atoms with E-state index in [0.717, 1.165) is 37.2 Å². The summed E-state index contributed by atoms with van der Waals surface area (Å²) in [4.78, 5) is 30.3. The van der Waals surface area contributed by atoms with Gasteiger partial charge in [-0.3, -0.25) is 9.59 Å². The van der Waals surface area contributed by atoms with Crippen LogP contribution in [0.25, 0.3) is 0 Å². The van der Waals surface area contributed by atoms with Crippen molar-refractivity contribution in [3.05, 3.63) is 54.3 Å². The summed E-state index contributed by atoms with van der Waals surface area (Å²) < 4.78 is 19.0. The van der Waals surface area contributed by atoms with E-state index in [4.69, 9.17) is 4.74 Å². The van der Waals surface area contributed by atoms with Crippen LogP contribution in [-0.2, 0) is 9.59 Å². The number of halogens is 1. The average molecular weight is 415 g/mol. The largest absolute Gasteiger partial charge is 0.476 e. The molecule has 2 aliphatic rings. The van der Waals surface area contributed by atoms with Crippen molar-refractivity contribution >= 4 is 29.3 Å². The zero-order valence-corrected chi connectivity index (χ0v) is 16.9. The molecule has 0 aliphatic carbocycles. The van der Waals surface area contributed by atoms with Crippen LogP contribution in [0.5, 0.6) is 5.75 Å². The van der Waals surface area contributed by atoms with Gasteiger partial charge in [0.2, 0.25) is 5.91 Å². The highest BCUT2D eigenvalue weighted by Gasteiger charge is 2.36. The van der Waals surface area contributed by atoms with Crippen LogP contribution in [-0.4, -0.2) is 48.2 Å². The molecule has 0 saturated carbocycles. The average Bonchev–Trinajstić information content (AvgIpc) is 2.78. The number of nitrogens with zero attached hydrogens (tertiary/aromatic N) is 2. The van der Waals surface area contributed by atoms with Crippen LogP contribution in [0, 0.1) is 5.82 Å². The molecular weight excluding hydrogens is 391 g/mol. The second-order valence-corrected chi connectivity index (χ2v) is 8.26. The molecule has 0 N–H and O–H groups in total. The third kappa shape index (κ3) is 4.56. The fourth-order valence-corrected chi connectivity index (χ4v) is 4.45. The summed E-state index contributed by atoms with van der Waals surface area (Å²) in [6.45, 7) is 1.69. The molecule has 0 spiro atoms. The normalized spacial score (nSPS) is 18.7. The minimum Gasteiger partial charge on any atom is -0.476 e. The number of piperidine rings is 1. The van der Waals surface area contributed by atoms with Crippen molar-refractivity contribution in [3.8, 4) is 5.75 Å². The monoisotopic (exact) mass is 414 g/mol. The molecule has 5 nitrogen and oxygen atoms in total. The first-order valence-electron chi connectivity index (χ1n) is 9.85. The van der Waals surface area contributed by atoms with E-state index < -0.39 is 6.10 Å². The van der Waals surface area contributed by atoms with Gasteiger partial charge in [-0.2, -0.15) is 0 Å². The van der Waals surface area contributed by atoms with Crippen LogP contribution in [0.4, 0.5) is 10.1 Å². The van der Waals surface area contributed by atoms with E-state index >= 15 is 0 Å². The summed E-state index contributed by atoms with van der Waals surface area (Å²) >= 11 is 1.35. The first-order chi connectivity index (χ1) is 14.1. The highest BCUT2D eigenvalue weighted by molar-refractivity contribution is 8.00. The molecule has 7 heteroatoms. The predicted octanol–water partition coefficient (Wildman–Crippen LogP) is 3.72. The van der Waals surface area contributed by atoms with E-state index in [1.807, 2.05) is 23.1 Å². The Morgan fingerprint density at radius 3 is 2.52 bits per heavy atom. The van der Waals surface area contributed by atoms with E-state index in [1.54, 1.807) is 23.1 Å². The number of likely N-dealkylation sites (tertiary alicyclic amines) is 1. The van der Waals surface area contributed by atoms with E-state index in [0.29, 0.717) is 11.4 Å². The van der Waals surface area contributed by atoms with Gasteiger partial charge >= 0.3 is 0 Å². The first kappa shape index (κ1) is 19.8. The molecule has 2 heterocycles. The lowest BCUT2D eigenvalue weighted by molar-refractivity contribution is -0.139. The third-order valence-electron chi connectivity index (χ3n) is 5.19. The molecule has 1 atom stereocenters. The fourth-order valence-electron chi connectivity index (χ4n) is 3.67. The van der Waals surface area contributed by atoms with Gasteiger partial charge in [-0.05, 0) is 55.7 Å². The van der Waals surface area contributed by atoms with Crippen molar-refractivity contribution in [2.45, 2.75) is 30.3 Å². The molecule has 4 rings (SSSR count). The second-order valence-electron chi connectivity index (χ2n) is 7.21. The highest BCUT2D eigenvalue weighted by Crippen LogP contribution is 2.34. The summed E-state index contributed by atoms with van der Waals surface area (Å²) in [5, 5.41) is 0. The fraction of sp³-hybridized carbons (Fsp3) is 0.364. The van der Waals surface area contributed by atoms with Gasteiger partial charge < -0.3 is 14.5 Å². The molecule has 1 saturated heterocycles. The number of amides is 2. The Labute approximate surface area is 173 Å². The molecule has 1 fully saturated rings. The lowest BCUT2D eigenvalue weighted by Gasteiger charge is -2.37. The van der Waals surface area contributed by atoms with Gasteiger partial charge in [0.25, 0.3) is 5.91 Å². The van der Waals surface area contributed by atoms with Gasteiger partial charge in [-0.25, -0.2) is 4.39 Å². The van der Waals surface area contributed by atoms with Crippen LogP contribution in [0.1, 0.15) is 19.3 Å². The molecule has 29 heavy (non-hydrogen) atoms. The van der Waals surface area contributed by atoms with Crippen molar-refractivity contribution in [3.63, 3.8) is 0 Å². The van der Waals surface area contributed by atoms with Crippen molar-refractivity contribution in [1.29, 1.82) is 0 Å². The zero-order chi connectivity index (χ0) is 20.2. The first-order valence-corrected chi connectivity index (χ1v) is 10.8. The lowest BCUT2D eigenvalue weighted by atomic mass is 10.1. The molecule has 0 radical (unpaired) electrons. The molecule has 0 aromatic heterocycles. The molecule has 2 aliphatic heterocycles. The quantitative estimate of drug-likeness (QED) is 0.716. The Morgan fingerprint density at radius 1 is 1.03 bits per heavy atom. The Hall–Kier alpha value is -2.54. The maximum atomic E-state index is 13.1. The highest BCUT2D eigenvalue weighted by atomic mass is 32.2. The van der Waals surface area contributed by atoms with Crippen LogP contribution >= 0.6 is 11.8 Å². The molecular formula is C22H23FN2O3S. The number of thioether (sulfide) groups is 1. The van der Waals surface area contributed by atoms with Crippen LogP contribution in [0.2, 0.25) is 0 Å². The number of rotatable bonds is 4. The number of hydrogen-bond donors (Lipinski definition) is 0. The van der Waals surface area contributed by atoms with Crippen molar-refractivity contribution < 1.29 is 18.7 Å². The van der Waals surface area contributed by atoms with Gasteiger partial charge in [0, 0.05) is 18.0 Å². The van der Waals surface area contributed by atoms with E-state index in [9.17, 15) is 14.0 Å². The molecule has 2 amide bonds. The molecule has 2 aromatic carbocycles. The molecule has 2 aromatic rings. The minimum absolute atomic E-state index is 0.0526. The number of ether oxygens (including phenoxy) is 1. The maximum Gasteiger partial charge on any atom is 0.265 e. The summed E-state index contributed by atoms with van der Waals surface area (Å²) in [6.07, 6.45) is 2.46. The molecule has 0 bridgehead atoms. The van der Waals surface area contributed by atoms with Crippen molar-refractivity contribution in [2.24, 2.45) is 0 Å². The van der Waals surface area contributed by atoms with Gasteiger partial charge in [0.05, 0.1) is 18.0 Å². The van der Waals surface area contributed by atoms with Gasteiger partial charge in [0.15, 0.2) is 6.10 Å². The maximum absolute atomic E-state index is 13.1. The number of benzene rings is 2. The van der Waals surface area contributed by atoms with Gasteiger partial charge in [-0.1, -0.05) is 12.1 Å². The third-order valence-corrected chi connectivity index (χ3v) is 6.19.